The molecule has 0 aromatic heterocycles. The highest BCUT2D eigenvalue weighted by molar-refractivity contribution is 14.0. The molecule has 0 radical (unpaired) electrons. The topological polar surface area (TPSA) is 0 Å². The molecule has 0 aliphatic rings. The highest BCUT2D eigenvalue weighted by atomic mass is 127. The van der Waals surface area contributed by atoms with Gasteiger partial charge in [-0.2, -0.15) is 5.05 Å². The molecule has 7 heavy (non-hydrogen) atoms. The first-order valence-electron chi connectivity index (χ1n) is 2.91. The fraction of sp³-hybridized carbons (Fsp3) is 1.00. The van der Waals surface area contributed by atoms with Crippen LogP contribution in [0, 0.1) is 0 Å². The van der Waals surface area contributed by atoms with Gasteiger partial charge in [-0.3, -0.25) is 0 Å². The third kappa shape index (κ3) is 11.2. The minimum absolute atomic E-state index is 0. The molecule has 0 aromatic carbocycles. The van der Waals surface area contributed by atoms with Crippen LogP contribution in [0.25, 0.3) is 0 Å². The number of rotatable bonds is 3. The third-order valence-electron chi connectivity index (χ3n) is 0.957. The lowest BCUT2D eigenvalue weighted by Crippen LogP contribution is -1.76. The molecule has 0 atom stereocenters. The van der Waals surface area contributed by atoms with E-state index in [0.717, 1.165) is 0 Å². The maximum absolute atomic E-state index is 2.37. The molecule has 0 bridgehead atoms. The van der Waals surface area contributed by atoms with Crippen molar-refractivity contribution in [2.24, 2.45) is 0 Å². The second-order valence-corrected chi connectivity index (χ2v) is 3.41. The Morgan fingerprint density at radius 1 is 1.43 bits per heavy atom. The lowest BCUT2D eigenvalue weighted by Gasteiger charge is -1.84. The van der Waals surface area contributed by atoms with Crippen molar-refractivity contribution in [3.05, 3.63) is 0 Å². The van der Waals surface area contributed by atoms with E-state index in [1.165, 1.54) is 12.8 Å². The summed E-state index contributed by atoms with van der Waals surface area (Å²) >= 11 is 0.403. The molecule has 0 heterocycles. The Morgan fingerprint density at radius 3 is 2.14 bits per heavy atom. The van der Waals surface area contributed by atoms with Gasteiger partial charge in [0, 0.05) is 0 Å². The summed E-state index contributed by atoms with van der Waals surface area (Å²) < 4.78 is 1.55. The van der Waals surface area contributed by atoms with Crippen LogP contribution in [0.1, 0.15) is 19.8 Å². The van der Waals surface area contributed by atoms with Crippen molar-refractivity contribution in [3.8, 4) is 0 Å². The highest BCUT2D eigenvalue weighted by Gasteiger charge is 1.81. The molecule has 0 nitrogen and oxygen atoms in total. The second kappa shape index (κ2) is 10.5. The first-order valence-corrected chi connectivity index (χ1v) is 5.33. The van der Waals surface area contributed by atoms with Gasteiger partial charge in [0.25, 0.3) is 0 Å². The van der Waals surface area contributed by atoms with Crippen LogP contribution in [0.4, 0.5) is 0 Å². The van der Waals surface area contributed by atoms with Gasteiger partial charge >= 0.3 is 20.4 Å². The van der Waals surface area contributed by atoms with E-state index >= 15 is 0 Å². The maximum atomic E-state index is 2.37. The van der Waals surface area contributed by atoms with E-state index in [1.807, 2.05) is 0 Å². The molecule has 0 rings (SSSR count). The molecule has 0 spiro atoms. The summed E-state index contributed by atoms with van der Waals surface area (Å²) in [6.45, 7) is 2.25. The Labute approximate surface area is 73.2 Å². The molecule has 0 N–H and O–H groups in total. The van der Waals surface area contributed by atoms with Crippen molar-refractivity contribution in [1.29, 1.82) is 0 Å². The highest BCUT2D eigenvalue weighted by Crippen LogP contribution is 1.90. The molecule has 0 aromatic rings. The molecule has 0 amide bonds. The van der Waals surface area contributed by atoms with Gasteiger partial charge in [0.05, 0.1) is 0 Å². The maximum Gasteiger partial charge on any atom is 0.360 e. The number of hydrogen-bond donors (Lipinski definition) is 0. The van der Waals surface area contributed by atoms with Gasteiger partial charge < -0.3 is 0 Å². The summed E-state index contributed by atoms with van der Waals surface area (Å²) in [6, 6.07) is 0. The zero-order chi connectivity index (χ0) is 4.83. The number of unbranched alkanes of at least 4 members (excludes halogenated alkanes) is 1. The van der Waals surface area contributed by atoms with E-state index in [2.05, 4.69) is 12.0 Å². The van der Waals surface area contributed by atoms with E-state index in [-0.39, 0.29) is 24.0 Å². The summed E-state index contributed by atoms with van der Waals surface area (Å²) in [5.41, 5.74) is 0. The summed E-state index contributed by atoms with van der Waals surface area (Å²) in [4.78, 5) is 0. The average molecular weight is 224 g/mol. The van der Waals surface area contributed by atoms with E-state index in [1.54, 1.807) is 4.55 Å². The fourth-order valence-electron chi connectivity index (χ4n) is 0.500. The van der Waals surface area contributed by atoms with E-state index in [4.69, 9.17) is 0 Å². The fourth-order valence-corrected chi connectivity index (χ4v) is 1.50. The lowest BCUT2D eigenvalue weighted by molar-refractivity contribution is 0.880. The predicted octanol–water partition coefficient (Wildman–Crippen LogP) is 2.58. The van der Waals surface area contributed by atoms with Crippen molar-refractivity contribution in [2.75, 3.05) is 0 Å². The van der Waals surface area contributed by atoms with Crippen molar-refractivity contribution in [1.82, 2.24) is 0 Å². The van der Waals surface area contributed by atoms with Crippen LogP contribution in [0.3, 0.4) is 0 Å². The van der Waals surface area contributed by atoms with Crippen LogP contribution >= 0.6 is 24.0 Å². The van der Waals surface area contributed by atoms with Crippen molar-refractivity contribution in [2.45, 2.75) is 29.4 Å². The van der Waals surface area contributed by atoms with Gasteiger partial charge in [0.15, 0.2) is 0 Å². The molecule has 0 saturated heterocycles. The molecule has 0 saturated carbocycles. The second-order valence-electron chi connectivity index (χ2n) is 1.71. The van der Waals surface area contributed by atoms with Gasteiger partial charge in [0.1, 0.15) is 0 Å². The van der Waals surface area contributed by atoms with Crippen molar-refractivity contribution in [3.63, 3.8) is 0 Å². The van der Waals surface area contributed by atoms with Crippen LogP contribution in [-0.2, 0) is 0 Å². The molecule has 0 unspecified atom stereocenters. The first-order chi connectivity index (χ1) is 2.91. The molecule has 0 aliphatic carbocycles. The van der Waals surface area contributed by atoms with Gasteiger partial charge in [-0.05, 0) is 0 Å². The van der Waals surface area contributed by atoms with Crippen LogP contribution in [0.15, 0.2) is 0 Å². The quantitative estimate of drug-likeness (QED) is 0.393. The zero-order valence-electron chi connectivity index (χ0n) is 5.24. The Morgan fingerprint density at radius 2 is 2.00 bits per heavy atom. The number of hydrogen-bond acceptors (Lipinski definition) is 0. The Kier molecular flexibility index (Phi) is 16.9. The molecule has 2 heteroatoms. The molecule has 0 fully saturated rings. The smallest absolute Gasteiger partial charge is 0.157 e. The van der Waals surface area contributed by atoms with Gasteiger partial charge in [-0.1, -0.05) is 19.8 Å². The van der Waals surface area contributed by atoms with E-state index in [9.17, 15) is 0 Å². The van der Waals surface area contributed by atoms with Crippen LogP contribution < -0.4 is 0 Å². The summed E-state index contributed by atoms with van der Waals surface area (Å²) in [6.07, 6.45) is 2.86. The predicted molar refractivity (Wildman–Crippen MR) is 46.7 cm³/mol. The normalized spacial score (nSPS) is 6.57. The van der Waals surface area contributed by atoms with Crippen molar-refractivity contribution >= 4 is 44.3 Å². The summed E-state index contributed by atoms with van der Waals surface area (Å²) in [7, 11) is 0. The molecular weight excluding hydrogens is 211 g/mol. The van der Waals surface area contributed by atoms with Gasteiger partial charge in [0.2, 0.25) is 0 Å². The Bertz CT molecular complexity index is 20.0. The SMILES string of the molecule is CCC[CH2][Mg][CH3].I. The van der Waals surface area contributed by atoms with E-state index < -0.39 is 0 Å². The van der Waals surface area contributed by atoms with E-state index in [0.29, 0.717) is 20.4 Å². The largest absolute Gasteiger partial charge is 0.360 e. The Balaban J connectivity index is 0. The zero-order valence-corrected chi connectivity index (χ0v) is 8.98. The van der Waals surface area contributed by atoms with Gasteiger partial charge in [-0.25, -0.2) is 0 Å². The summed E-state index contributed by atoms with van der Waals surface area (Å²) in [5.74, 6) is 0. The average Bonchev–Trinajstić information content (AvgIpc) is 1.61. The molecular formula is C5H13IMg. The monoisotopic (exact) mass is 224 g/mol. The van der Waals surface area contributed by atoms with Crippen LogP contribution in [0.2, 0.25) is 9.60 Å². The standard InChI is InChI=1S/C4H9.CH3.HI.Mg/c1-3-4-2;;;/h1,3-4H2,2H3;1H3;1H;. The lowest BCUT2D eigenvalue weighted by atomic mass is 10.4. The minimum Gasteiger partial charge on any atom is -0.157 e. The summed E-state index contributed by atoms with van der Waals surface area (Å²) in [5, 5.41) is 2.37. The number of halogens is 1. The first kappa shape index (κ1) is 11.3. The van der Waals surface area contributed by atoms with Crippen LogP contribution in [0.5, 0.6) is 0 Å². The minimum atomic E-state index is 0. The Hall–Kier alpha value is 1.50. The molecule has 0 aliphatic heterocycles. The molecule has 42 valence electrons. The van der Waals surface area contributed by atoms with Crippen LogP contribution in [-0.4, -0.2) is 20.4 Å². The van der Waals surface area contributed by atoms with Gasteiger partial charge in [-0.15, -0.1) is 28.5 Å². The third-order valence-corrected chi connectivity index (χ3v) is 2.16. The van der Waals surface area contributed by atoms with Crippen molar-refractivity contribution < 1.29 is 0 Å².